The molecule has 3 heterocycles. The summed E-state index contributed by atoms with van der Waals surface area (Å²) < 4.78 is 5.81. The van der Waals surface area contributed by atoms with Crippen LogP contribution in [0.4, 0.5) is 0 Å². The molecule has 0 radical (unpaired) electrons. The molecule has 0 unspecified atom stereocenters. The Bertz CT molecular complexity index is 680. The number of aryl methyl sites for hydroxylation is 1. The first-order valence-corrected chi connectivity index (χ1v) is 9.42. The maximum Gasteiger partial charge on any atom is 0.266 e. The number of nitrogens with zero attached hydrogens (tertiary/aromatic N) is 2. The second-order valence-electron chi connectivity index (χ2n) is 5.85. The highest BCUT2D eigenvalue weighted by Crippen LogP contribution is 2.34. The van der Waals surface area contributed by atoms with E-state index in [1.54, 1.807) is 11.3 Å². The Morgan fingerprint density at radius 3 is 3.18 bits per heavy atom. The number of amides is 1. The number of carbonyl (C=O) groups is 1. The van der Waals surface area contributed by atoms with Crippen LogP contribution < -0.4 is 0 Å². The summed E-state index contributed by atoms with van der Waals surface area (Å²) in [7, 11) is 0. The smallest absolute Gasteiger partial charge is 0.266 e. The predicted molar refractivity (Wildman–Crippen MR) is 88.6 cm³/mol. The molecule has 1 saturated heterocycles. The molecule has 0 N–H and O–H groups in total. The highest BCUT2D eigenvalue weighted by Gasteiger charge is 2.39. The van der Waals surface area contributed by atoms with E-state index in [1.165, 1.54) is 11.3 Å². The molecule has 4 rings (SSSR count). The van der Waals surface area contributed by atoms with Crippen molar-refractivity contribution in [2.75, 3.05) is 13.2 Å². The summed E-state index contributed by atoms with van der Waals surface area (Å²) in [5, 5.41) is 5.06. The van der Waals surface area contributed by atoms with Gasteiger partial charge >= 0.3 is 0 Å². The fourth-order valence-electron chi connectivity index (χ4n) is 3.41. The number of aromatic nitrogens is 1. The molecular formula is C16H18N2O2S2. The van der Waals surface area contributed by atoms with Crippen molar-refractivity contribution in [1.29, 1.82) is 0 Å². The van der Waals surface area contributed by atoms with Gasteiger partial charge < -0.3 is 9.64 Å². The fraction of sp³-hybridized carbons (Fsp3) is 0.500. The zero-order valence-electron chi connectivity index (χ0n) is 12.4. The lowest BCUT2D eigenvalue weighted by Crippen LogP contribution is -2.51. The average molecular weight is 334 g/mol. The minimum atomic E-state index is 0.136. The summed E-state index contributed by atoms with van der Waals surface area (Å²) in [6, 6.07) is 2.31. The number of fused-ring (bicyclic) bond motifs is 1. The molecule has 2 fully saturated rings. The minimum absolute atomic E-state index is 0.136. The van der Waals surface area contributed by atoms with Gasteiger partial charge in [0.2, 0.25) is 0 Å². The fourth-order valence-corrected chi connectivity index (χ4v) is 5.15. The molecule has 116 valence electrons. The van der Waals surface area contributed by atoms with Gasteiger partial charge in [0.1, 0.15) is 9.88 Å². The Hall–Kier alpha value is -1.24. The molecule has 1 aliphatic carbocycles. The maximum absolute atomic E-state index is 13.0. The van der Waals surface area contributed by atoms with Crippen molar-refractivity contribution in [3.63, 3.8) is 0 Å². The van der Waals surface area contributed by atoms with Gasteiger partial charge in [-0.15, -0.1) is 11.3 Å². The third kappa shape index (κ3) is 2.39. The normalized spacial score (nSPS) is 24.5. The summed E-state index contributed by atoms with van der Waals surface area (Å²) in [4.78, 5) is 20.4. The number of rotatable bonds is 2. The van der Waals surface area contributed by atoms with Crippen LogP contribution in [0.3, 0.4) is 0 Å². The predicted octanol–water partition coefficient (Wildman–Crippen LogP) is 3.57. The van der Waals surface area contributed by atoms with Crippen LogP contribution in [0.15, 0.2) is 16.8 Å². The molecule has 2 aromatic rings. The number of ether oxygens (including phenoxy) is 1. The van der Waals surface area contributed by atoms with Gasteiger partial charge in [0.05, 0.1) is 24.4 Å². The number of hydrogen-bond donors (Lipinski definition) is 0. The van der Waals surface area contributed by atoms with Gasteiger partial charge in [0, 0.05) is 17.5 Å². The summed E-state index contributed by atoms with van der Waals surface area (Å²) >= 11 is 3.17. The van der Waals surface area contributed by atoms with Crippen molar-refractivity contribution >= 4 is 28.6 Å². The van der Waals surface area contributed by atoms with Crippen molar-refractivity contribution in [3.05, 3.63) is 27.4 Å². The number of carbonyl (C=O) groups excluding carboxylic acids is 1. The monoisotopic (exact) mass is 334 g/mol. The molecule has 0 aromatic carbocycles. The third-order valence-electron chi connectivity index (χ3n) is 4.50. The van der Waals surface area contributed by atoms with Crippen molar-refractivity contribution in [3.8, 4) is 10.6 Å². The van der Waals surface area contributed by atoms with Crippen molar-refractivity contribution in [1.82, 2.24) is 9.88 Å². The van der Waals surface area contributed by atoms with E-state index >= 15 is 0 Å². The van der Waals surface area contributed by atoms with E-state index in [0.717, 1.165) is 40.4 Å². The van der Waals surface area contributed by atoms with Gasteiger partial charge in [-0.3, -0.25) is 4.79 Å². The van der Waals surface area contributed by atoms with Crippen LogP contribution in [-0.2, 0) is 4.74 Å². The second kappa shape index (κ2) is 5.76. The van der Waals surface area contributed by atoms with Crippen LogP contribution in [-0.4, -0.2) is 41.1 Å². The van der Waals surface area contributed by atoms with Gasteiger partial charge in [-0.05, 0) is 37.6 Å². The van der Waals surface area contributed by atoms with E-state index in [2.05, 4.69) is 16.4 Å². The SMILES string of the molecule is Cc1nc(-c2ccsc2)sc1C(=O)N1CCO[C@H]2CCC[C@@H]21. The van der Waals surface area contributed by atoms with Crippen LogP contribution in [0.2, 0.25) is 0 Å². The van der Waals surface area contributed by atoms with Gasteiger partial charge in [-0.1, -0.05) is 0 Å². The van der Waals surface area contributed by atoms with Gasteiger partial charge in [0.15, 0.2) is 0 Å². The summed E-state index contributed by atoms with van der Waals surface area (Å²) in [6.45, 7) is 3.29. The minimum Gasteiger partial charge on any atom is -0.374 e. The number of morpholine rings is 1. The highest BCUT2D eigenvalue weighted by atomic mass is 32.1. The zero-order chi connectivity index (χ0) is 15.1. The quantitative estimate of drug-likeness (QED) is 0.843. The summed E-state index contributed by atoms with van der Waals surface area (Å²) in [5.41, 5.74) is 1.95. The van der Waals surface area contributed by atoms with E-state index in [-0.39, 0.29) is 18.1 Å². The van der Waals surface area contributed by atoms with Crippen LogP contribution in [0.1, 0.15) is 34.6 Å². The lowest BCUT2D eigenvalue weighted by atomic mass is 10.1. The molecule has 0 spiro atoms. The maximum atomic E-state index is 13.0. The van der Waals surface area contributed by atoms with E-state index in [4.69, 9.17) is 4.74 Å². The van der Waals surface area contributed by atoms with E-state index in [9.17, 15) is 4.79 Å². The summed E-state index contributed by atoms with van der Waals surface area (Å²) in [5.74, 6) is 0.136. The van der Waals surface area contributed by atoms with E-state index < -0.39 is 0 Å². The van der Waals surface area contributed by atoms with Crippen LogP contribution >= 0.6 is 22.7 Å². The topological polar surface area (TPSA) is 42.4 Å². The molecule has 1 amide bonds. The first-order chi connectivity index (χ1) is 10.7. The van der Waals surface area contributed by atoms with E-state index in [0.29, 0.717) is 13.2 Å². The molecule has 4 nitrogen and oxygen atoms in total. The molecule has 6 heteroatoms. The molecule has 2 aromatic heterocycles. The number of hydrogen-bond acceptors (Lipinski definition) is 5. The third-order valence-corrected chi connectivity index (χ3v) is 6.38. The van der Waals surface area contributed by atoms with Gasteiger partial charge in [0.25, 0.3) is 5.91 Å². The Balaban J connectivity index is 1.62. The van der Waals surface area contributed by atoms with Crippen LogP contribution in [0.5, 0.6) is 0 Å². The molecule has 2 aliphatic rings. The largest absolute Gasteiger partial charge is 0.374 e. The average Bonchev–Trinajstić information content (AvgIpc) is 3.25. The van der Waals surface area contributed by atoms with Crippen LogP contribution in [0.25, 0.3) is 10.6 Å². The molecule has 1 aliphatic heterocycles. The second-order valence-corrected chi connectivity index (χ2v) is 7.63. The highest BCUT2D eigenvalue weighted by molar-refractivity contribution is 7.17. The molecule has 2 atom stereocenters. The number of thiazole rings is 1. The van der Waals surface area contributed by atoms with Gasteiger partial charge in [-0.25, -0.2) is 4.98 Å². The molecule has 0 bridgehead atoms. The summed E-state index contributed by atoms with van der Waals surface area (Å²) in [6.07, 6.45) is 3.53. The Morgan fingerprint density at radius 1 is 1.45 bits per heavy atom. The molecular weight excluding hydrogens is 316 g/mol. The first-order valence-electron chi connectivity index (χ1n) is 7.66. The van der Waals surface area contributed by atoms with Crippen molar-refractivity contribution < 1.29 is 9.53 Å². The number of thiophene rings is 1. The van der Waals surface area contributed by atoms with Crippen molar-refractivity contribution in [2.24, 2.45) is 0 Å². The van der Waals surface area contributed by atoms with E-state index in [1.807, 2.05) is 17.2 Å². The standard InChI is InChI=1S/C16H18N2O2S2/c1-10-14(22-15(17-10)11-5-8-21-9-11)16(19)18-6-7-20-13-4-2-3-12(13)18/h5,8-9,12-13H,2-4,6-7H2,1H3/t12-,13-/m0/s1. The Kier molecular flexibility index (Phi) is 3.76. The van der Waals surface area contributed by atoms with Crippen molar-refractivity contribution in [2.45, 2.75) is 38.3 Å². The van der Waals surface area contributed by atoms with Gasteiger partial charge in [-0.2, -0.15) is 11.3 Å². The lowest BCUT2D eigenvalue weighted by molar-refractivity contribution is -0.0444. The molecule has 1 saturated carbocycles. The Labute approximate surface area is 137 Å². The molecule has 22 heavy (non-hydrogen) atoms. The Morgan fingerprint density at radius 2 is 2.36 bits per heavy atom. The lowest BCUT2D eigenvalue weighted by Gasteiger charge is -2.37. The van der Waals surface area contributed by atoms with Crippen LogP contribution in [0, 0.1) is 6.92 Å². The zero-order valence-corrected chi connectivity index (χ0v) is 14.1. The first kappa shape index (κ1) is 14.4.